The third-order valence-electron chi connectivity index (χ3n) is 2.33. The van der Waals surface area contributed by atoms with Gasteiger partial charge in [0.1, 0.15) is 5.69 Å². The second-order valence-electron chi connectivity index (χ2n) is 3.56. The maximum absolute atomic E-state index is 12.5. The summed E-state index contributed by atoms with van der Waals surface area (Å²) in [6.07, 6.45) is -2.46. The van der Waals surface area contributed by atoms with Gasteiger partial charge in [-0.2, -0.15) is 13.2 Å². The summed E-state index contributed by atoms with van der Waals surface area (Å²) in [5, 5.41) is -0.993. The molecule has 0 atom stereocenters. The van der Waals surface area contributed by atoms with Crippen molar-refractivity contribution in [3.05, 3.63) is 46.9 Å². The minimum absolute atomic E-state index is 0.00340. The first-order valence-corrected chi connectivity index (χ1v) is 5.66. The monoisotopic (exact) mass is 308 g/mol. The quantitative estimate of drug-likeness (QED) is 0.788. The number of pyridine rings is 1. The van der Waals surface area contributed by atoms with Gasteiger partial charge in [0.2, 0.25) is 0 Å². The van der Waals surface area contributed by atoms with E-state index in [-0.39, 0.29) is 16.5 Å². The Bertz CT molecular complexity index is 637. The summed E-state index contributed by atoms with van der Waals surface area (Å²) in [6.45, 7) is 0. The second kappa shape index (κ2) is 4.86. The lowest BCUT2D eigenvalue weighted by Crippen LogP contribution is -2.09. The molecule has 8 heteroatoms. The average molecular weight is 309 g/mol. The summed E-state index contributed by atoms with van der Waals surface area (Å²) in [7, 11) is 0. The molecule has 100 valence electrons. The molecule has 3 nitrogen and oxygen atoms in total. The minimum Gasteiger partial charge on any atom is -0.296 e. The molecule has 0 aliphatic heterocycles. The van der Waals surface area contributed by atoms with Crippen LogP contribution in [-0.4, -0.2) is 14.8 Å². The standard InChI is InChI=1S/C11H5Cl2F3N2O/c12-7-4-6(11(14,15)16)5-17-10(7)18-3-1-2-8(18)9(13)19/h1-5H. The normalized spacial score (nSPS) is 11.6. The van der Waals surface area contributed by atoms with Crippen molar-refractivity contribution < 1.29 is 18.0 Å². The largest absolute Gasteiger partial charge is 0.417 e. The Balaban J connectivity index is 2.53. The third-order valence-corrected chi connectivity index (χ3v) is 2.80. The maximum atomic E-state index is 12.5. The van der Waals surface area contributed by atoms with E-state index >= 15 is 0 Å². The summed E-state index contributed by atoms with van der Waals surface area (Å²) >= 11 is 11.1. The Morgan fingerprint density at radius 1 is 1.37 bits per heavy atom. The summed E-state index contributed by atoms with van der Waals surface area (Å²) in [6, 6.07) is 3.66. The Labute approximate surface area is 115 Å². The highest BCUT2D eigenvalue weighted by molar-refractivity contribution is 6.67. The van der Waals surface area contributed by atoms with Crippen LogP contribution >= 0.6 is 23.2 Å². The molecule has 0 aliphatic carbocycles. The number of hydrogen-bond acceptors (Lipinski definition) is 2. The smallest absolute Gasteiger partial charge is 0.296 e. The molecule has 0 N–H and O–H groups in total. The van der Waals surface area contributed by atoms with E-state index in [9.17, 15) is 18.0 Å². The number of rotatable bonds is 2. The third kappa shape index (κ3) is 2.74. The van der Waals surface area contributed by atoms with Crippen LogP contribution in [-0.2, 0) is 6.18 Å². The van der Waals surface area contributed by atoms with Crippen LogP contribution in [0.5, 0.6) is 0 Å². The van der Waals surface area contributed by atoms with Crippen LogP contribution < -0.4 is 0 Å². The van der Waals surface area contributed by atoms with Crippen molar-refractivity contribution in [2.45, 2.75) is 6.18 Å². The molecule has 0 unspecified atom stereocenters. The lowest BCUT2D eigenvalue weighted by Gasteiger charge is -2.11. The summed E-state index contributed by atoms with van der Waals surface area (Å²) in [5.41, 5.74) is -0.900. The lowest BCUT2D eigenvalue weighted by atomic mass is 10.2. The number of nitrogens with zero attached hydrogens (tertiary/aromatic N) is 2. The van der Waals surface area contributed by atoms with Gasteiger partial charge in [-0.25, -0.2) is 4.98 Å². The Morgan fingerprint density at radius 2 is 2.05 bits per heavy atom. The average Bonchev–Trinajstić information content (AvgIpc) is 2.76. The zero-order valence-corrected chi connectivity index (χ0v) is 10.6. The van der Waals surface area contributed by atoms with E-state index in [1.165, 1.54) is 22.9 Å². The van der Waals surface area contributed by atoms with E-state index in [1.54, 1.807) is 0 Å². The highest BCUT2D eigenvalue weighted by atomic mass is 35.5. The van der Waals surface area contributed by atoms with Gasteiger partial charge >= 0.3 is 6.18 Å². The Morgan fingerprint density at radius 3 is 2.58 bits per heavy atom. The molecule has 0 fully saturated rings. The molecule has 2 aromatic rings. The van der Waals surface area contributed by atoms with Crippen LogP contribution in [0.25, 0.3) is 5.82 Å². The Hall–Kier alpha value is -1.53. The molecular weight excluding hydrogens is 304 g/mol. The van der Waals surface area contributed by atoms with Gasteiger partial charge in [-0.1, -0.05) is 11.6 Å². The molecule has 0 aromatic carbocycles. The molecule has 2 heterocycles. The van der Waals surface area contributed by atoms with Crippen molar-refractivity contribution in [2.24, 2.45) is 0 Å². The highest BCUT2D eigenvalue weighted by Gasteiger charge is 2.31. The number of alkyl halides is 3. The minimum atomic E-state index is -4.53. The van der Waals surface area contributed by atoms with E-state index < -0.39 is 17.0 Å². The van der Waals surface area contributed by atoms with Crippen LogP contribution in [0.4, 0.5) is 13.2 Å². The second-order valence-corrected chi connectivity index (χ2v) is 4.31. The molecule has 0 saturated carbocycles. The molecule has 0 spiro atoms. The van der Waals surface area contributed by atoms with Crippen LogP contribution in [0, 0.1) is 0 Å². The molecule has 0 radical (unpaired) electrons. The maximum Gasteiger partial charge on any atom is 0.417 e. The van der Waals surface area contributed by atoms with Crippen LogP contribution in [0.2, 0.25) is 5.02 Å². The first-order valence-electron chi connectivity index (χ1n) is 4.91. The Kier molecular flexibility index (Phi) is 3.56. The predicted molar refractivity (Wildman–Crippen MR) is 63.8 cm³/mol. The van der Waals surface area contributed by atoms with Gasteiger partial charge in [0.25, 0.3) is 5.24 Å². The first kappa shape index (κ1) is 13.9. The summed E-state index contributed by atoms with van der Waals surface area (Å²) in [4.78, 5) is 14.8. The van der Waals surface area contributed by atoms with E-state index in [1.807, 2.05) is 0 Å². The fourth-order valence-corrected chi connectivity index (χ4v) is 1.90. The van der Waals surface area contributed by atoms with Crippen molar-refractivity contribution >= 4 is 28.4 Å². The van der Waals surface area contributed by atoms with Gasteiger partial charge in [0, 0.05) is 12.4 Å². The van der Waals surface area contributed by atoms with E-state index in [0.29, 0.717) is 6.20 Å². The van der Waals surface area contributed by atoms with E-state index in [4.69, 9.17) is 23.2 Å². The van der Waals surface area contributed by atoms with Gasteiger partial charge in [0.05, 0.1) is 10.6 Å². The van der Waals surface area contributed by atoms with Crippen LogP contribution in [0.1, 0.15) is 16.1 Å². The summed E-state index contributed by atoms with van der Waals surface area (Å²) < 4.78 is 38.6. The topological polar surface area (TPSA) is 34.9 Å². The SMILES string of the molecule is O=C(Cl)c1cccn1-c1ncc(C(F)(F)F)cc1Cl. The number of halogens is 5. The van der Waals surface area contributed by atoms with Crippen molar-refractivity contribution in [1.29, 1.82) is 0 Å². The van der Waals surface area contributed by atoms with Gasteiger partial charge < -0.3 is 0 Å². The molecule has 0 amide bonds. The van der Waals surface area contributed by atoms with Crippen molar-refractivity contribution in [3.8, 4) is 5.82 Å². The van der Waals surface area contributed by atoms with E-state index in [0.717, 1.165) is 6.07 Å². The number of hydrogen-bond donors (Lipinski definition) is 0. The van der Waals surface area contributed by atoms with Crippen molar-refractivity contribution in [1.82, 2.24) is 9.55 Å². The number of aromatic nitrogens is 2. The zero-order valence-electron chi connectivity index (χ0n) is 9.08. The molecule has 2 aromatic heterocycles. The fourth-order valence-electron chi connectivity index (χ4n) is 1.49. The van der Waals surface area contributed by atoms with Gasteiger partial charge in [-0.3, -0.25) is 9.36 Å². The van der Waals surface area contributed by atoms with E-state index in [2.05, 4.69) is 4.98 Å². The van der Waals surface area contributed by atoms with Crippen LogP contribution in [0.3, 0.4) is 0 Å². The van der Waals surface area contributed by atoms with Gasteiger partial charge in [0.15, 0.2) is 5.82 Å². The molecule has 2 rings (SSSR count). The van der Waals surface area contributed by atoms with Crippen molar-refractivity contribution in [3.63, 3.8) is 0 Å². The van der Waals surface area contributed by atoms with Gasteiger partial charge in [-0.05, 0) is 29.8 Å². The fraction of sp³-hybridized carbons (Fsp3) is 0.0909. The number of carbonyl (C=O) groups excluding carboxylic acids is 1. The zero-order chi connectivity index (χ0) is 14.2. The summed E-state index contributed by atoms with van der Waals surface area (Å²) in [5.74, 6) is 0.00340. The molecular formula is C11H5Cl2F3N2O. The van der Waals surface area contributed by atoms with Crippen molar-refractivity contribution in [2.75, 3.05) is 0 Å². The van der Waals surface area contributed by atoms with Gasteiger partial charge in [-0.15, -0.1) is 0 Å². The molecule has 0 aliphatic rings. The molecule has 0 saturated heterocycles. The molecule has 19 heavy (non-hydrogen) atoms. The number of carbonyl (C=O) groups is 1. The lowest BCUT2D eigenvalue weighted by molar-refractivity contribution is -0.137. The molecule has 0 bridgehead atoms. The first-order chi connectivity index (χ1) is 8.80. The predicted octanol–water partition coefficient (Wildman–Crippen LogP) is 3.92. The highest BCUT2D eigenvalue weighted by Crippen LogP contribution is 2.32. The van der Waals surface area contributed by atoms with Crippen LogP contribution in [0.15, 0.2) is 30.6 Å².